The third-order valence-corrected chi connectivity index (χ3v) is 2.62. The molecule has 0 bridgehead atoms. The Morgan fingerprint density at radius 3 is 2.40 bits per heavy atom. The van der Waals surface area contributed by atoms with E-state index in [-0.39, 0.29) is 12.4 Å². The summed E-state index contributed by atoms with van der Waals surface area (Å²) in [5.41, 5.74) is 1.39. The summed E-state index contributed by atoms with van der Waals surface area (Å²) in [4.78, 5) is 0. The van der Waals surface area contributed by atoms with Gasteiger partial charge in [0.05, 0.1) is 6.61 Å². The van der Waals surface area contributed by atoms with Gasteiger partial charge in [0.25, 0.3) is 0 Å². The van der Waals surface area contributed by atoms with Crippen LogP contribution in [0.4, 0.5) is 13.2 Å². The average molecular weight is 284 g/mol. The van der Waals surface area contributed by atoms with Gasteiger partial charge in [-0.25, -0.2) is 0 Å². The molecule has 0 aliphatic heterocycles. The number of hydrogen-bond donors (Lipinski definition) is 2. The zero-order valence-corrected chi connectivity index (χ0v) is 10.2. The Labute approximate surface area is 112 Å². The lowest BCUT2D eigenvalue weighted by Crippen LogP contribution is -2.17. The van der Waals surface area contributed by atoms with Gasteiger partial charge in [0, 0.05) is 6.07 Å². The van der Waals surface area contributed by atoms with Crippen molar-refractivity contribution < 1.29 is 28.1 Å². The van der Waals surface area contributed by atoms with Crippen LogP contribution in [0.1, 0.15) is 5.56 Å². The summed E-state index contributed by atoms with van der Waals surface area (Å²) in [6.07, 6.45) is -4.83. The van der Waals surface area contributed by atoms with Crippen LogP contribution < -0.4 is 4.74 Å². The van der Waals surface area contributed by atoms with Gasteiger partial charge >= 0.3 is 6.36 Å². The predicted octanol–water partition coefficient (Wildman–Crippen LogP) is 3.45. The van der Waals surface area contributed by atoms with Crippen molar-refractivity contribution in [1.29, 1.82) is 0 Å². The normalized spacial score (nSPS) is 11.4. The molecule has 0 spiro atoms. The molecule has 0 unspecified atom stereocenters. The second-order valence-electron chi connectivity index (χ2n) is 4.08. The number of aliphatic hydroxyl groups is 1. The Morgan fingerprint density at radius 1 is 1.05 bits per heavy atom. The monoisotopic (exact) mass is 284 g/mol. The van der Waals surface area contributed by atoms with Crippen molar-refractivity contribution in [3.8, 4) is 22.6 Å². The van der Waals surface area contributed by atoms with Gasteiger partial charge in [-0.05, 0) is 28.8 Å². The molecule has 20 heavy (non-hydrogen) atoms. The van der Waals surface area contributed by atoms with Crippen molar-refractivity contribution >= 4 is 0 Å². The maximum absolute atomic E-state index is 12.2. The molecule has 0 heterocycles. The first kappa shape index (κ1) is 14.2. The standard InChI is InChI=1S/C14H11F3O3/c15-14(16,17)20-12-6-10(5-11(19)7-12)13-4-2-1-3-9(13)8-18/h1-7,18-19H,8H2. The third-order valence-electron chi connectivity index (χ3n) is 2.62. The molecule has 6 heteroatoms. The van der Waals surface area contributed by atoms with Crippen molar-refractivity contribution in [2.45, 2.75) is 13.0 Å². The van der Waals surface area contributed by atoms with Crippen LogP contribution in [0.5, 0.6) is 11.5 Å². The molecule has 0 aromatic heterocycles. The summed E-state index contributed by atoms with van der Waals surface area (Å²) < 4.78 is 40.4. The molecule has 3 nitrogen and oxygen atoms in total. The topological polar surface area (TPSA) is 49.7 Å². The maximum atomic E-state index is 12.2. The van der Waals surface area contributed by atoms with E-state index in [1.807, 2.05) is 0 Å². The zero-order valence-electron chi connectivity index (χ0n) is 10.2. The molecule has 0 saturated heterocycles. The Bertz CT molecular complexity index is 609. The molecule has 0 atom stereocenters. The van der Waals surface area contributed by atoms with Crippen LogP contribution in [0.25, 0.3) is 11.1 Å². The van der Waals surface area contributed by atoms with Gasteiger partial charge in [-0.3, -0.25) is 0 Å². The molecule has 106 valence electrons. The Morgan fingerprint density at radius 2 is 1.75 bits per heavy atom. The van der Waals surface area contributed by atoms with Crippen LogP contribution in [0, 0.1) is 0 Å². The van der Waals surface area contributed by atoms with E-state index in [2.05, 4.69) is 4.74 Å². The zero-order chi connectivity index (χ0) is 14.8. The molecule has 0 radical (unpaired) electrons. The fraction of sp³-hybridized carbons (Fsp3) is 0.143. The molecule has 2 aromatic carbocycles. The summed E-state index contributed by atoms with van der Waals surface area (Å²) in [6, 6.07) is 9.99. The molecule has 0 saturated carbocycles. The first-order chi connectivity index (χ1) is 9.39. The first-order valence-corrected chi connectivity index (χ1v) is 5.68. The van der Waals surface area contributed by atoms with E-state index < -0.39 is 12.1 Å². The summed E-state index contributed by atoms with van der Waals surface area (Å²) in [5, 5.41) is 18.7. The molecule has 2 N–H and O–H groups in total. The summed E-state index contributed by atoms with van der Waals surface area (Å²) >= 11 is 0. The number of aromatic hydroxyl groups is 1. The van der Waals surface area contributed by atoms with E-state index in [1.165, 1.54) is 6.07 Å². The third kappa shape index (κ3) is 3.42. The number of alkyl halides is 3. The van der Waals surface area contributed by atoms with E-state index in [4.69, 9.17) is 0 Å². The lowest BCUT2D eigenvalue weighted by molar-refractivity contribution is -0.274. The SMILES string of the molecule is OCc1ccccc1-c1cc(O)cc(OC(F)(F)F)c1. The van der Waals surface area contributed by atoms with Gasteiger partial charge in [0.1, 0.15) is 11.5 Å². The lowest BCUT2D eigenvalue weighted by atomic mass is 10.00. The van der Waals surface area contributed by atoms with Crippen LogP contribution >= 0.6 is 0 Å². The lowest BCUT2D eigenvalue weighted by Gasteiger charge is -2.12. The quantitative estimate of drug-likeness (QED) is 0.907. The van der Waals surface area contributed by atoms with Crippen molar-refractivity contribution in [1.82, 2.24) is 0 Å². The summed E-state index contributed by atoms with van der Waals surface area (Å²) in [5.74, 6) is -0.866. The van der Waals surface area contributed by atoms with Crippen molar-refractivity contribution in [2.24, 2.45) is 0 Å². The molecule has 0 aliphatic carbocycles. The minimum Gasteiger partial charge on any atom is -0.508 e. The molecular formula is C14H11F3O3. The number of phenolic OH excluding ortho intramolecular Hbond substituents is 1. The average Bonchev–Trinajstić information content (AvgIpc) is 2.36. The highest BCUT2D eigenvalue weighted by Gasteiger charge is 2.31. The number of rotatable bonds is 3. The summed E-state index contributed by atoms with van der Waals surface area (Å²) in [6.45, 7) is -0.263. The summed E-state index contributed by atoms with van der Waals surface area (Å²) in [7, 11) is 0. The number of ether oxygens (including phenoxy) is 1. The molecule has 0 fully saturated rings. The number of benzene rings is 2. The van der Waals surface area contributed by atoms with E-state index in [1.54, 1.807) is 24.3 Å². The van der Waals surface area contributed by atoms with Gasteiger partial charge in [-0.1, -0.05) is 24.3 Å². The number of aliphatic hydroxyl groups excluding tert-OH is 1. The molecule has 2 aromatic rings. The van der Waals surface area contributed by atoms with Crippen molar-refractivity contribution in [3.63, 3.8) is 0 Å². The van der Waals surface area contributed by atoms with Gasteiger partial charge in [0.15, 0.2) is 0 Å². The van der Waals surface area contributed by atoms with Crippen LogP contribution in [0.3, 0.4) is 0 Å². The number of halogens is 3. The van der Waals surface area contributed by atoms with Gasteiger partial charge in [0.2, 0.25) is 0 Å². The Balaban J connectivity index is 2.47. The largest absolute Gasteiger partial charge is 0.573 e. The van der Waals surface area contributed by atoms with Gasteiger partial charge in [-0.15, -0.1) is 13.2 Å². The predicted molar refractivity (Wildman–Crippen MR) is 66.1 cm³/mol. The second-order valence-corrected chi connectivity index (χ2v) is 4.08. The van der Waals surface area contributed by atoms with Gasteiger partial charge < -0.3 is 14.9 Å². The second kappa shape index (κ2) is 5.42. The minimum absolute atomic E-state index is 0.263. The maximum Gasteiger partial charge on any atom is 0.573 e. The van der Waals surface area contributed by atoms with E-state index >= 15 is 0 Å². The fourth-order valence-corrected chi connectivity index (χ4v) is 1.87. The molecule has 0 aliphatic rings. The number of hydrogen-bond acceptors (Lipinski definition) is 3. The Kier molecular flexibility index (Phi) is 3.85. The highest BCUT2D eigenvalue weighted by molar-refractivity contribution is 5.70. The molecular weight excluding hydrogens is 273 g/mol. The number of phenols is 1. The minimum atomic E-state index is -4.83. The highest BCUT2D eigenvalue weighted by atomic mass is 19.4. The van der Waals surface area contributed by atoms with E-state index in [9.17, 15) is 23.4 Å². The van der Waals surface area contributed by atoms with E-state index in [0.717, 1.165) is 12.1 Å². The fourth-order valence-electron chi connectivity index (χ4n) is 1.87. The van der Waals surface area contributed by atoms with Crippen molar-refractivity contribution in [2.75, 3.05) is 0 Å². The van der Waals surface area contributed by atoms with E-state index in [0.29, 0.717) is 16.7 Å². The van der Waals surface area contributed by atoms with Gasteiger partial charge in [-0.2, -0.15) is 0 Å². The van der Waals surface area contributed by atoms with Crippen molar-refractivity contribution in [3.05, 3.63) is 48.0 Å². The molecule has 0 amide bonds. The molecule has 2 rings (SSSR count). The van der Waals surface area contributed by atoms with Crippen LogP contribution in [-0.4, -0.2) is 16.6 Å². The first-order valence-electron chi connectivity index (χ1n) is 5.68. The van der Waals surface area contributed by atoms with Crippen LogP contribution in [0.2, 0.25) is 0 Å². The Hall–Kier alpha value is -2.21. The highest BCUT2D eigenvalue weighted by Crippen LogP contribution is 2.33. The van der Waals surface area contributed by atoms with Crippen LogP contribution in [-0.2, 0) is 6.61 Å². The van der Waals surface area contributed by atoms with Crippen LogP contribution in [0.15, 0.2) is 42.5 Å². The smallest absolute Gasteiger partial charge is 0.508 e.